The van der Waals surface area contributed by atoms with Gasteiger partial charge in [0.05, 0.1) is 10.9 Å². The van der Waals surface area contributed by atoms with Crippen LogP contribution in [-0.2, 0) is 11.3 Å². The van der Waals surface area contributed by atoms with Crippen LogP contribution < -0.4 is 16.2 Å². The molecule has 1 heterocycles. The van der Waals surface area contributed by atoms with Gasteiger partial charge in [0.1, 0.15) is 0 Å². The number of nitrogens with one attached hydrogen (secondary N) is 3. The molecule has 180 valence electrons. The third kappa shape index (κ3) is 5.85. The van der Waals surface area contributed by atoms with Gasteiger partial charge in [-0.2, -0.15) is 0 Å². The first-order valence-electron chi connectivity index (χ1n) is 11.4. The van der Waals surface area contributed by atoms with Crippen molar-refractivity contribution >= 4 is 40.4 Å². The number of carbonyl (C=O) groups excluding carboxylic acids is 1. The number of benzene rings is 3. The van der Waals surface area contributed by atoms with Gasteiger partial charge in [-0.1, -0.05) is 30.3 Å². The van der Waals surface area contributed by atoms with Crippen molar-refractivity contribution < 1.29 is 9.53 Å². The van der Waals surface area contributed by atoms with E-state index in [9.17, 15) is 9.59 Å². The minimum absolute atomic E-state index is 0.157. The summed E-state index contributed by atoms with van der Waals surface area (Å²) in [7, 11) is 1.62. The number of carbonyl (C=O) groups is 1. The summed E-state index contributed by atoms with van der Waals surface area (Å²) in [5, 5.41) is 6.84. The van der Waals surface area contributed by atoms with Gasteiger partial charge in [-0.3, -0.25) is 14.2 Å². The minimum atomic E-state index is -0.270. The fourth-order valence-electron chi connectivity index (χ4n) is 3.89. The molecule has 4 aromatic rings. The first kappa shape index (κ1) is 24.4. The van der Waals surface area contributed by atoms with E-state index in [2.05, 4.69) is 34.7 Å². The summed E-state index contributed by atoms with van der Waals surface area (Å²) in [5.74, 6) is -0.270. The molecule has 3 aromatic carbocycles. The van der Waals surface area contributed by atoms with Crippen LogP contribution in [0.5, 0.6) is 0 Å². The zero-order valence-electron chi connectivity index (χ0n) is 19.7. The molecule has 4 rings (SSSR count). The predicted octanol–water partition coefficient (Wildman–Crippen LogP) is 5.52. The lowest BCUT2D eigenvalue weighted by Gasteiger charge is -2.16. The number of hydrogen-bond donors (Lipinski definition) is 3. The van der Waals surface area contributed by atoms with Crippen molar-refractivity contribution in [1.82, 2.24) is 9.55 Å². The van der Waals surface area contributed by atoms with Crippen LogP contribution in [0.2, 0.25) is 0 Å². The monoisotopic (exact) mass is 488 g/mol. The van der Waals surface area contributed by atoms with Crippen LogP contribution in [0, 0.1) is 4.77 Å². The summed E-state index contributed by atoms with van der Waals surface area (Å²) in [6, 6.07) is 22.9. The molecule has 0 saturated carbocycles. The molecule has 0 fully saturated rings. The number of amides is 1. The van der Waals surface area contributed by atoms with E-state index in [1.807, 2.05) is 42.5 Å². The first-order chi connectivity index (χ1) is 17.0. The van der Waals surface area contributed by atoms with Crippen LogP contribution in [0.3, 0.4) is 0 Å². The Bertz CT molecular complexity index is 1430. The van der Waals surface area contributed by atoms with Crippen molar-refractivity contribution in [1.29, 1.82) is 0 Å². The molecular formula is C27H28N4O3S. The summed E-state index contributed by atoms with van der Waals surface area (Å²) in [6.07, 6.45) is 0.680. The van der Waals surface area contributed by atoms with E-state index in [-0.39, 0.29) is 17.5 Å². The summed E-state index contributed by atoms with van der Waals surface area (Å²) in [5.41, 5.74) is 3.61. The smallest absolute Gasteiger partial charge is 0.262 e. The highest BCUT2D eigenvalue weighted by Gasteiger charge is 2.11. The molecule has 0 saturated heterocycles. The number of aromatic amines is 1. The topological polar surface area (TPSA) is 88.2 Å². The van der Waals surface area contributed by atoms with Crippen molar-refractivity contribution in [2.75, 3.05) is 24.4 Å². The number of ether oxygens (including phenoxy) is 1. The second kappa shape index (κ2) is 11.1. The molecule has 1 aromatic heterocycles. The summed E-state index contributed by atoms with van der Waals surface area (Å²) >= 11 is 5.36. The van der Waals surface area contributed by atoms with Crippen molar-refractivity contribution in [3.8, 4) is 0 Å². The normalized spacial score (nSPS) is 11.8. The second-order valence-corrected chi connectivity index (χ2v) is 8.69. The summed E-state index contributed by atoms with van der Waals surface area (Å²) < 4.78 is 6.90. The molecule has 0 bridgehead atoms. The Kier molecular flexibility index (Phi) is 7.74. The summed E-state index contributed by atoms with van der Waals surface area (Å²) in [6.45, 7) is 3.11. The van der Waals surface area contributed by atoms with Crippen LogP contribution >= 0.6 is 12.2 Å². The third-order valence-electron chi connectivity index (χ3n) is 5.80. The molecule has 3 N–H and O–H groups in total. The molecule has 7 nitrogen and oxygen atoms in total. The maximum atomic E-state index is 12.9. The van der Waals surface area contributed by atoms with Crippen molar-refractivity contribution in [2.45, 2.75) is 25.9 Å². The van der Waals surface area contributed by atoms with Crippen molar-refractivity contribution in [3.63, 3.8) is 0 Å². The minimum Gasteiger partial charge on any atom is -0.385 e. The third-order valence-corrected chi connectivity index (χ3v) is 6.12. The lowest BCUT2D eigenvalue weighted by Crippen LogP contribution is -2.23. The van der Waals surface area contributed by atoms with Crippen molar-refractivity contribution in [2.24, 2.45) is 0 Å². The zero-order valence-corrected chi connectivity index (χ0v) is 20.5. The molecule has 0 aliphatic rings. The van der Waals surface area contributed by atoms with Gasteiger partial charge in [0.25, 0.3) is 11.5 Å². The summed E-state index contributed by atoms with van der Waals surface area (Å²) in [4.78, 5) is 28.8. The van der Waals surface area contributed by atoms with E-state index in [0.29, 0.717) is 46.5 Å². The molecule has 0 aliphatic carbocycles. The quantitative estimate of drug-likeness (QED) is 0.213. The van der Waals surface area contributed by atoms with Crippen molar-refractivity contribution in [3.05, 3.63) is 99.0 Å². The Labute approximate surface area is 208 Å². The van der Waals surface area contributed by atoms with E-state index >= 15 is 0 Å². The number of fused-ring (bicyclic) bond motifs is 1. The number of H-pyrrole nitrogens is 1. The largest absolute Gasteiger partial charge is 0.385 e. The average molecular weight is 489 g/mol. The number of nitrogens with zero attached hydrogens (tertiary/aromatic N) is 1. The predicted molar refractivity (Wildman–Crippen MR) is 143 cm³/mol. The maximum absolute atomic E-state index is 12.9. The zero-order chi connectivity index (χ0) is 24.8. The number of aromatic nitrogens is 2. The number of hydrogen-bond acceptors (Lipinski definition) is 5. The highest BCUT2D eigenvalue weighted by Crippen LogP contribution is 2.21. The Morgan fingerprint density at radius 2 is 1.77 bits per heavy atom. The standard InChI is InChI=1S/C27H28N4O3S/c1-18(19-7-4-3-5-8-19)28-21-10-12-22(13-11-21)29-25(32)20-9-14-23-24(17-20)30-27(35)31(26(23)33)15-6-16-34-2/h3-5,7-14,17-18,28H,6,15-16H2,1-2H3,(H,29,32)(H,30,35). The number of methoxy groups -OCH3 is 1. The van der Waals surface area contributed by atoms with Crippen LogP contribution in [0.1, 0.15) is 35.3 Å². The van der Waals surface area contributed by atoms with Crippen LogP contribution in [0.25, 0.3) is 10.9 Å². The van der Waals surface area contributed by atoms with E-state index in [4.69, 9.17) is 17.0 Å². The van der Waals surface area contributed by atoms with Gasteiger partial charge in [0.15, 0.2) is 4.77 Å². The lowest BCUT2D eigenvalue weighted by molar-refractivity contribution is 0.102. The molecule has 8 heteroatoms. The van der Waals surface area contributed by atoms with Gasteiger partial charge in [0, 0.05) is 43.2 Å². The molecule has 1 unspecified atom stereocenters. The molecule has 0 aliphatic heterocycles. The van der Waals surface area contributed by atoms with E-state index in [1.54, 1.807) is 25.3 Å². The SMILES string of the molecule is COCCCn1c(=S)[nH]c2cc(C(=O)Nc3ccc(NC(C)c4ccccc4)cc3)ccc2c1=O. The van der Waals surface area contributed by atoms with Gasteiger partial charge in [0.2, 0.25) is 0 Å². The molecule has 1 amide bonds. The maximum Gasteiger partial charge on any atom is 0.262 e. The van der Waals surface area contributed by atoms with Crippen LogP contribution in [-0.4, -0.2) is 29.2 Å². The van der Waals surface area contributed by atoms with E-state index < -0.39 is 0 Å². The fourth-order valence-corrected chi connectivity index (χ4v) is 4.18. The fraction of sp³-hybridized carbons (Fsp3) is 0.222. The van der Waals surface area contributed by atoms with Gasteiger partial charge in [-0.15, -0.1) is 0 Å². The lowest BCUT2D eigenvalue weighted by atomic mass is 10.1. The Hall–Kier alpha value is -3.75. The second-order valence-electron chi connectivity index (χ2n) is 8.30. The highest BCUT2D eigenvalue weighted by molar-refractivity contribution is 7.71. The van der Waals surface area contributed by atoms with E-state index in [1.165, 1.54) is 10.1 Å². The Balaban J connectivity index is 1.46. The number of anilines is 2. The molecule has 1 atom stereocenters. The number of rotatable bonds is 9. The van der Waals surface area contributed by atoms with Crippen LogP contribution in [0.15, 0.2) is 77.6 Å². The van der Waals surface area contributed by atoms with E-state index in [0.717, 1.165) is 5.69 Å². The van der Waals surface area contributed by atoms with Gasteiger partial charge < -0.3 is 20.4 Å². The van der Waals surface area contributed by atoms with Crippen LogP contribution in [0.4, 0.5) is 11.4 Å². The molecule has 35 heavy (non-hydrogen) atoms. The Morgan fingerprint density at radius 3 is 2.49 bits per heavy atom. The van der Waals surface area contributed by atoms with Gasteiger partial charge in [-0.05, 0) is 73.6 Å². The van der Waals surface area contributed by atoms with Gasteiger partial charge >= 0.3 is 0 Å². The highest BCUT2D eigenvalue weighted by atomic mass is 32.1. The molecular weight excluding hydrogens is 460 g/mol. The Morgan fingerprint density at radius 1 is 1.06 bits per heavy atom. The van der Waals surface area contributed by atoms with Gasteiger partial charge in [-0.25, -0.2) is 0 Å². The average Bonchev–Trinajstić information content (AvgIpc) is 2.87. The molecule has 0 radical (unpaired) electrons. The first-order valence-corrected chi connectivity index (χ1v) is 11.9. The molecule has 0 spiro atoms.